The van der Waals surface area contributed by atoms with Crippen LogP contribution in [0, 0.1) is 0 Å². The molecule has 0 aromatic heterocycles. The maximum atomic E-state index is 12.8. The second-order valence-corrected chi connectivity index (χ2v) is 16.2. The topological polar surface area (TPSA) is 78.9 Å². The molecule has 0 aromatic carbocycles. The highest BCUT2D eigenvalue weighted by Crippen LogP contribution is 2.13. The molecule has 1 unspecified atom stereocenters. The Kier molecular flexibility index (Phi) is 46.6. The maximum Gasteiger partial charge on any atom is 0.306 e. The average Bonchev–Trinajstić information content (AvgIpc) is 3.27. The SMILES string of the molecule is CC\C=C/C=C\C=C/CCCCCCCC(=O)OC(COC(=O)CCCCC/C=C\CCCCCCCC)COC(=O)CCCCCCC\C=C/C=C\C=C/C=C\C=C/CCC. The number of carbonyl (C=O) groups is 3. The maximum absolute atomic E-state index is 12.8. The largest absolute Gasteiger partial charge is 0.462 e. The normalized spacial score (nSPS) is 13.0. The highest BCUT2D eigenvalue weighted by molar-refractivity contribution is 5.71. The number of ether oxygens (including phenoxy) is 3. The minimum atomic E-state index is -0.806. The van der Waals surface area contributed by atoms with Gasteiger partial charge in [-0.05, 0) is 83.5 Å². The second-order valence-electron chi connectivity index (χ2n) is 16.2. The molecule has 0 N–H and O–H groups in total. The van der Waals surface area contributed by atoms with Crippen molar-refractivity contribution < 1.29 is 28.6 Å². The Morgan fingerprint density at radius 2 is 0.677 bits per heavy atom. The summed E-state index contributed by atoms with van der Waals surface area (Å²) in [5.41, 5.74) is 0. The van der Waals surface area contributed by atoms with Gasteiger partial charge < -0.3 is 14.2 Å². The van der Waals surface area contributed by atoms with Crippen LogP contribution in [0.4, 0.5) is 0 Å². The van der Waals surface area contributed by atoms with Crippen LogP contribution < -0.4 is 0 Å². The van der Waals surface area contributed by atoms with Gasteiger partial charge in [-0.25, -0.2) is 0 Å². The van der Waals surface area contributed by atoms with Gasteiger partial charge in [0.25, 0.3) is 0 Å². The van der Waals surface area contributed by atoms with Crippen LogP contribution in [-0.4, -0.2) is 37.2 Å². The Hall–Kier alpha value is -3.93. The summed E-state index contributed by atoms with van der Waals surface area (Å²) in [6.45, 7) is 6.34. The molecule has 0 aliphatic carbocycles. The van der Waals surface area contributed by atoms with E-state index in [1.165, 1.54) is 44.9 Å². The van der Waals surface area contributed by atoms with E-state index in [1.54, 1.807) is 0 Å². The van der Waals surface area contributed by atoms with Gasteiger partial charge in [0.05, 0.1) is 0 Å². The zero-order valence-corrected chi connectivity index (χ0v) is 39.8. The van der Waals surface area contributed by atoms with Crippen molar-refractivity contribution in [1.82, 2.24) is 0 Å². The van der Waals surface area contributed by atoms with Crippen molar-refractivity contribution >= 4 is 17.9 Å². The fraction of sp³-hybridized carbons (Fsp3) is 0.625. The third-order valence-electron chi connectivity index (χ3n) is 10.2. The molecule has 0 spiro atoms. The van der Waals surface area contributed by atoms with E-state index in [2.05, 4.69) is 87.6 Å². The molecule has 0 amide bonds. The van der Waals surface area contributed by atoms with Crippen molar-refractivity contribution in [3.8, 4) is 0 Å². The fourth-order valence-corrected chi connectivity index (χ4v) is 6.41. The molecule has 1 atom stereocenters. The van der Waals surface area contributed by atoms with Gasteiger partial charge in [-0.15, -0.1) is 0 Å². The zero-order valence-electron chi connectivity index (χ0n) is 39.8. The highest BCUT2D eigenvalue weighted by Gasteiger charge is 2.19. The first-order chi connectivity index (χ1) is 30.5. The molecule has 6 heteroatoms. The van der Waals surface area contributed by atoms with Gasteiger partial charge in [0.15, 0.2) is 6.10 Å². The molecule has 62 heavy (non-hydrogen) atoms. The van der Waals surface area contributed by atoms with E-state index in [4.69, 9.17) is 14.2 Å². The lowest BCUT2D eigenvalue weighted by molar-refractivity contribution is -0.167. The zero-order chi connectivity index (χ0) is 45.1. The molecule has 6 nitrogen and oxygen atoms in total. The highest BCUT2D eigenvalue weighted by atomic mass is 16.6. The van der Waals surface area contributed by atoms with Crippen molar-refractivity contribution in [2.75, 3.05) is 13.2 Å². The number of allylic oxidation sites excluding steroid dienone is 18. The predicted molar refractivity (Wildman–Crippen MR) is 265 cm³/mol. The molecular formula is C56H90O6. The Morgan fingerprint density at radius 3 is 1.11 bits per heavy atom. The van der Waals surface area contributed by atoms with Crippen LogP contribution in [0.1, 0.15) is 207 Å². The first-order valence-corrected chi connectivity index (χ1v) is 25.0. The van der Waals surface area contributed by atoms with E-state index in [-0.39, 0.29) is 31.1 Å². The predicted octanol–water partition coefficient (Wildman–Crippen LogP) is 16.4. The first kappa shape index (κ1) is 58.1. The van der Waals surface area contributed by atoms with Gasteiger partial charge in [0.2, 0.25) is 0 Å². The van der Waals surface area contributed by atoms with Gasteiger partial charge >= 0.3 is 17.9 Å². The van der Waals surface area contributed by atoms with Gasteiger partial charge in [0.1, 0.15) is 13.2 Å². The Bertz CT molecular complexity index is 1310. The smallest absolute Gasteiger partial charge is 0.306 e. The third-order valence-corrected chi connectivity index (χ3v) is 10.2. The molecule has 0 aliphatic rings. The summed E-state index contributed by atoms with van der Waals surface area (Å²) in [4.78, 5) is 37.9. The number of esters is 3. The molecule has 0 saturated heterocycles. The minimum Gasteiger partial charge on any atom is -0.462 e. The summed E-state index contributed by atoms with van der Waals surface area (Å²) in [6.07, 6.45) is 66.3. The summed E-state index contributed by atoms with van der Waals surface area (Å²) < 4.78 is 16.7. The van der Waals surface area contributed by atoms with E-state index in [0.717, 1.165) is 122 Å². The van der Waals surface area contributed by atoms with Crippen LogP contribution >= 0.6 is 0 Å². The molecule has 0 rings (SSSR count). The molecule has 0 bridgehead atoms. The van der Waals surface area contributed by atoms with Crippen molar-refractivity contribution in [2.45, 2.75) is 213 Å². The third kappa shape index (κ3) is 47.1. The van der Waals surface area contributed by atoms with Crippen molar-refractivity contribution in [3.05, 3.63) is 109 Å². The second kappa shape index (κ2) is 49.7. The summed E-state index contributed by atoms with van der Waals surface area (Å²) in [7, 11) is 0. The summed E-state index contributed by atoms with van der Waals surface area (Å²) >= 11 is 0. The van der Waals surface area contributed by atoms with Gasteiger partial charge in [-0.1, -0.05) is 214 Å². The van der Waals surface area contributed by atoms with Gasteiger partial charge in [-0.3, -0.25) is 14.4 Å². The lowest BCUT2D eigenvalue weighted by atomic mass is 10.1. The Labute approximate surface area is 380 Å². The van der Waals surface area contributed by atoms with E-state index >= 15 is 0 Å². The summed E-state index contributed by atoms with van der Waals surface area (Å²) in [5, 5.41) is 0. The van der Waals surface area contributed by atoms with Crippen LogP contribution in [0.3, 0.4) is 0 Å². The number of unbranched alkanes of at least 4 members (excludes halogenated alkanes) is 20. The van der Waals surface area contributed by atoms with E-state index < -0.39 is 6.10 Å². The van der Waals surface area contributed by atoms with Crippen molar-refractivity contribution in [2.24, 2.45) is 0 Å². The lowest BCUT2D eigenvalue weighted by Gasteiger charge is -2.18. The number of rotatable bonds is 43. The van der Waals surface area contributed by atoms with E-state index in [9.17, 15) is 14.4 Å². The molecule has 0 radical (unpaired) electrons. The summed E-state index contributed by atoms with van der Waals surface area (Å²) in [6, 6.07) is 0. The van der Waals surface area contributed by atoms with Crippen molar-refractivity contribution in [3.63, 3.8) is 0 Å². The molecular weight excluding hydrogens is 769 g/mol. The molecule has 350 valence electrons. The number of hydrogen-bond donors (Lipinski definition) is 0. The number of hydrogen-bond acceptors (Lipinski definition) is 6. The van der Waals surface area contributed by atoms with Gasteiger partial charge in [-0.2, -0.15) is 0 Å². The standard InChI is InChI=1S/C56H90O6/c1-4-7-10-13-16-19-22-25-26-27-28-29-32-34-37-40-43-46-49-55(58)61-52-53(62-56(59)50-47-44-41-38-35-31-24-21-18-15-12-9-6-3)51-60-54(57)48-45-42-39-36-33-30-23-20-17-14-11-8-5-2/h9-10,12-13,15-16,18-19,21-22,24-30,33,53H,4-8,11,14,17,20,23,31-32,34-52H2,1-3H3/b12-9-,13-10-,18-15-,19-16-,24-21-,25-22-,27-26-,29-28-,33-30-. The average molecular weight is 859 g/mol. The quantitative estimate of drug-likeness (QED) is 0.0200. The van der Waals surface area contributed by atoms with E-state index in [0.29, 0.717) is 19.3 Å². The van der Waals surface area contributed by atoms with Crippen LogP contribution in [-0.2, 0) is 28.6 Å². The van der Waals surface area contributed by atoms with E-state index in [1.807, 2.05) is 42.5 Å². The fourth-order valence-electron chi connectivity index (χ4n) is 6.41. The van der Waals surface area contributed by atoms with Crippen molar-refractivity contribution in [1.29, 1.82) is 0 Å². The molecule has 0 aromatic rings. The molecule has 0 aliphatic heterocycles. The van der Waals surface area contributed by atoms with Crippen LogP contribution in [0.5, 0.6) is 0 Å². The minimum absolute atomic E-state index is 0.105. The molecule has 0 heterocycles. The van der Waals surface area contributed by atoms with Crippen LogP contribution in [0.15, 0.2) is 109 Å². The van der Waals surface area contributed by atoms with Crippen LogP contribution in [0.25, 0.3) is 0 Å². The Morgan fingerprint density at radius 1 is 0.339 bits per heavy atom. The molecule has 0 saturated carbocycles. The summed E-state index contributed by atoms with van der Waals surface area (Å²) in [5.74, 6) is -0.974. The first-order valence-electron chi connectivity index (χ1n) is 25.0. The van der Waals surface area contributed by atoms with Gasteiger partial charge in [0, 0.05) is 19.3 Å². The Balaban J connectivity index is 4.50. The van der Waals surface area contributed by atoms with Crippen LogP contribution in [0.2, 0.25) is 0 Å². The monoisotopic (exact) mass is 859 g/mol. The molecule has 0 fully saturated rings. The number of carbonyl (C=O) groups excluding carboxylic acids is 3. The lowest BCUT2D eigenvalue weighted by Crippen LogP contribution is -2.30.